The molecule has 0 atom stereocenters. The number of hydrogen-bond donors (Lipinski definition) is 0. The second-order valence-electron chi connectivity index (χ2n) is 7.59. The Hall–Kier alpha value is -4.02. The van der Waals surface area contributed by atoms with Crippen molar-refractivity contribution in [3.63, 3.8) is 0 Å². The summed E-state index contributed by atoms with van der Waals surface area (Å²) in [4.78, 5) is -0.348. The highest BCUT2D eigenvalue weighted by atomic mass is 32.2. The van der Waals surface area contributed by atoms with E-state index in [9.17, 15) is 18.1 Å². The highest BCUT2D eigenvalue weighted by molar-refractivity contribution is 7.95. The van der Waals surface area contributed by atoms with Crippen molar-refractivity contribution in [2.45, 2.75) is 18.7 Å². The molecule has 0 N–H and O–H groups in total. The lowest BCUT2D eigenvalue weighted by Gasteiger charge is -2.06. The Morgan fingerprint density at radius 1 is 1.00 bits per heavy atom. The first-order valence-corrected chi connectivity index (χ1v) is 11.6. The largest absolute Gasteiger partial charge is 0.240 e. The second-order valence-corrected chi connectivity index (χ2v) is 9.51. The van der Waals surface area contributed by atoms with Crippen molar-refractivity contribution >= 4 is 15.9 Å². The zero-order valence-corrected chi connectivity index (χ0v) is 18.8. The fraction of sp³-hybridized carbons (Fsp3) is 0.0769. The van der Waals surface area contributed by atoms with Crippen LogP contribution in [0, 0.1) is 31.0 Å². The van der Waals surface area contributed by atoms with E-state index in [2.05, 4.69) is 5.10 Å². The summed E-state index contributed by atoms with van der Waals surface area (Å²) >= 11 is 0. The highest BCUT2D eigenvalue weighted by Crippen LogP contribution is 2.29. The van der Waals surface area contributed by atoms with Crippen molar-refractivity contribution in [3.05, 3.63) is 106 Å². The van der Waals surface area contributed by atoms with E-state index in [1.807, 2.05) is 50.2 Å². The molecule has 4 aromatic rings. The van der Waals surface area contributed by atoms with Crippen molar-refractivity contribution in [3.8, 4) is 23.0 Å². The molecule has 5 nitrogen and oxygen atoms in total. The Kier molecular flexibility index (Phi) is 5.95. The van der Waals surface area contributed by atoms with E-state index in [1.54, 1.807) is 35.1 Å². The van der Waals surface area contributed by atoms with Crippen LogP contribution >= 0.6 is 0 Å². The molecule has 0 fully saturated rings. The smallest absolute Gasteiger partial charge is 0.216 e. The maximum Gasteiger partial charge on any atom is 0.216 e. The van der Waals surface area contributed by atoms with Crippen LogP contribution in [0.25, 0.3) is 23.0 Å². The zero-order chi connectivity index (χ0) is 23.6. The molecule has 1 aromatic heterocycles. The highest BCUT2D eigenvalue weighted by Gasteiger charge is 2.23. The van der Waals surface area contributed by atoms with Crippen LogP contribution in [-0.4, -0.2) is 18.2 Å². The minimum atomic E-state index is -4.05. The van der Waals surface area contributed by atoms with E-state index in [0.29, 0.717) is 16.8 Å². The third-order valence-electron chi connectivity index (χ3n) is 5.36. The number of benzene rings is 3. The number of halogens is 1. The standard InChI is InChI=1S/C26H20FN3O2S/c1-18-8-13-24(14-19(18)2)33(31,32)25(16-28)15-21-17-30(23-6-4-3-5-7-23)29-26(21)20-9-11-22(27)12-10-20/h3-15,17H,1-2H3/b25-15+. The molecular formula is C26H20FN3O2S. The summed E-state index contributed by atoms with van der Waals surface area (Å²) in [5.41, 5.74) is 3.99. The number of nitriles is 1. The summed E-state index contributed by atoms with van der Waals surface area (Å²) in [6.45, 7) is 3.71. The van der Waals surface area contributed by atoms with Crippen LogP contribution < -0.4 is 0 Å². The predicted octanol–water partition coefficient (Wildman–Crippen LogP) is 5.63. The Morgan fingerprint density at radius 3 is 2.33 bits per heavy atom. The number of aromatic nitrogens is 2. The molecule has 0 saturated carbocycles. The van der Waals surface area contributed by atoms with Gasteiger partial charge in [0.15, 0.2) is 0 Å². The molecule has 0 saturated heterocycles. The van der Waals surface area contributed by atoms with Crippen molar-refractivity contribution < 1.29 is 12.8 Å². The summed E-state index contributed by atoms with van der Waals surface area (Å²) in [5, 5.41) is 14.3. The molecule has 0 unspecified atom stereocenters. The lowest BCUT2D eigenvalue weighted by molar-refractivity contribution is 0.603. The second kappa shape index (κ2) is 8.85. The Balaban J connectivity index is 1.88. The van der Waals surface area contributed by atoms with Crippen molar-refractivity contribution in [1.29, 1.82) is 5.26 Å². The third kappa shape index (κ3) is 4.47. The fourth-order valence-electron chi connectivity index (χ4n) is 3.36. The minimum absolute atomic E-state index is 0.0529. The van der Waals surface area contributed by atoms with Gasteiger partial charge in [-0.2, -0.15) is 10.4 Å². The minimum Gasteiger partial charge on any atom is -0.240 e. The van der Waals surface area contributed by atoms with Crippen molar-refractivity contribution in [2.75, 3.05) is 0 Å². The average Bonchev–Trinajstić information content (AvgIpc) is 3.24. The van der Waals surface area contributed by atoms with Crippen LogP contribution in [0.1, 0.15) is 16.7 Å². The number of sulfone groups is 1. The predicted molar refractivity (Wildman–Crippen MR) is 126 cm³/mol. The summed E-state index contributed by atoms with van der Waals surface area (Å²) in [7, 11) is -4.05. The number of nitrogens with zero attached hydrogens (tertiary/aromatic N) is 3. The Morgan fingerprint density at radius 2 is 1.70 bits per heavy atom. The normalized spacial score (nSPS) is 11.9. The number of aryl methyl sites for hydroxylation is 2. The molecule has 0 radical (unpaired) electrons. The average molecular weight is 458 g/mol. The molecule has 164 valence electrons. The molecule has 0 aliphatic carbocycles. The summed E-state index contributed by atoms with van der Waals surface area (Å²) in [6.07, 6.45) is 2.97. The van der Waals surface area contributed by atoms with Crippen molar-refractivity contribution in [1.82, 2.24) is 9.78 Å². The zero-order valence-electron chi connectivity index (χ0n) is 18.0. The van der Waals surface area contributed by atoms with E-state index < -0.39 is 20.6 Å². The fourth-order valence-corrected chi connectivity index (χ4v) is 4.59. The van der Waals surface area contributed by atoms with Gasteiger partial charge in [0.25, 0.3) is 0 Å². The SMILES string of the molecule is Cc1ccc(S(=O)(=O)/C(C#N)=C/c2cn(-c3ccccc3)nc2-c2ccc(F)cc2)cc1C. The van der Waals surface area contributed by atoms with Gasteiger partial charge in [-0.15, -0.1) is 0 Å². The molecule has 4 rings (SSSR count). The van der Waals surface area contributed by atoms with Gasteiger partial charge in [-0.3, -0.25) is 0 Å². The molecule has 0 aliphatic heterocycles. The molecule has 1 heterocycles. The van der Waals surface area contributed by atoms with Crippen LogP contribution in [0.4, 0.5) is 4.39 Å². The van der Waals surface area contributed by atoms with Gasteiger partial charge in [-0.05, 0) is 79.6 Å². The first-order valence-electron chi connectivity index (χ1n) is 10.1. The van der Waals surface area contributed by atoms with E-state index in [-0.39, 0.29) is 4.90 Å². The lowest BCUT2D eigenvalue weighted by atomic mass is 10.1. The van der Waals surface area contributed by atoms with Gasteiger partial charge in [0.1, 0.15) is 22.5 Å². The summed E-state index contributed by atoms with van der Waals surface area (Å²) in [6, 6.07) is 21.6. The maximum atomic E-state index is 13.5. The molecule has 0 aliphatic rings. The number of rotatable bonds is 5. The monoisotopic (exact) mass is 457 g/mol. The van der Waals surface area contributed by atoms with Crippen LogP contribution in [0.2, 0.25) is 0 Å². The van der Waals surface area contributed by atoms with E-state index in [1.165, 1.54) is 24.3 Å². The summed E-state index contributed by atoms with van der Waals surface area (Å²) in [5.74, 6) is -0.395. The third-order valence-corrected chi connectivity index (χ3v) is 7.02. The Bertz CT molecular complexity index is 1500. The van der Waals surface area contributed by atoms with Crippen molar-refractivity contribution in [2.24, 2.45) is 0 Å². The van der Waals surface area contributed by atoms with Crippen LogP contribution in [0.15, 0.2) is 88.8 Å². The molecule has 7 heteroatoms. The summed E-state index contributed by atoms with van der Waals surface area (Å²) < 4.78 is 41.5. The quantitative estimate of drug-likeness (QED) is 0.364. The molecule has 0 bridgehead atoms. The number of para-hydroxylation sites is 1. The van der Waals surface area contributed by atoms with Crippen LogP contribution in [-0.2, 0) is 9.84 Å². The van der Waals surface area contributed by atoms with Gasteiger partial charge >= 0.3 is 0 Å². The van der Waals surface area contributed by atoms with Crippen LogP contribution in [0.5, 0.6) is 0 Å². The number of hydrogen-bond acceptors (Lipinski definition) is 4. The number of allylic oxidation sites excluding steroid dienone is 1. The topological polar surface area (TPSA) is 75.8 Å². The van der Waals surface area contributed by atoms with Gasteiger partial charge < -0.3 is 0 Å². The maximum absolute atomic E-state index is 13.5. The van der Waals surface area contributed by atoms with Gasteiger partial charge in [0.2, 0.25) is 9.84 Å². The van der Waals surface area contributed by atoms with Crippen LogP contribution in [0.3, 0.4) is 0 Å². The van der Waals surface area contributed by atoms with Gasteiger partial charge in [0, 0.05) is 17.3 Å². The molecule has 0 spiro atoms. The van der Waals surface area contributed by atoms with Gasteiger partial charge in [-0.25, -0.2) is 17.5 Å². The first-order chi connectivity index (χ1) is 15.8. The molecule has 33 heavy (non-hydrogen) atoms. The molecule has 3 aromatic carbocycles. The van der Waals surface area contributed by atoms with E-state index in [4.69, 9.17) is 0 Å². The van der Waals surface area contributed by atoms with Gasteiger partial charge in [0.05, 0.1) is 10.6 Å². The molecule has 0 amide bonds. The molecular weight excluding hydrogens is 437 g/mol. The van der Waals surface area contributed by atoms with E-state index >= 15 is 0 Å². The van der Waals surface area contributed by atoms with E-state index in [0.717, 1.165) is 16.8 Å². The first kappa shape index (κ1) is 22.2. The lowest BCUT2D eigenvalue weighted by Crippen LogP contribution is -2.04. The Labute approximate surface area is 192 Å². The van der Waals surface area contributed by atoms with Gasteiger partial charge in [-0.1, -0.05) is 24.3 Å².